The average Bonchev–Trinajstić information content (AvgIpc) is 2.39. The molecule has 1 N–H and O–H groups in total. The molecule has 1 nitrogen and oxygen atoms in total. The Labute approximate surface area is 117 Å². The summed E-state index contributed by atoms with van der Waals surface area (Å²) in [6.45, 7) is 4.29. The number of benzene rings is 2. The van der Waals surface area contributed by atoms with Gasteiger partial charge in [0.15, 0.2) is 0 Å². The first-order valence-electron chi connectivity index (χ1n) is 6.12. The van der Waals surface area contributed by atoms with Crippen LogP contribution in [0, 0.1) is 0 Å². The minimum Gasteiger partial charge on any atom is -0.384 e. The van der Waals surface area contributed by atoms with Crippen molar-refractivity contribution < 1.29 is 5.11 Å². The molecule has 0 radical (unpaired) electrons. The first-order chi connectivity index (χ1) is 8.59. The van der Waals surface area contributed by atoms with Crippen molar-refractivity contribution in [2.24, 2.45) is 0 Å². The molecule has 2 rings (SSSR count). The molecule has 0 saturated heterocycles. The molecule has 0 heterocycles. The zero-order chi connectivity index (χ0) is 13.1. The summed E-state index contributed by atoms with van der Waals surface area (Å²) in [5.41, 5.74) is 3.12. The fourth-order valence-corrected chi connectivity index (χ4v) is 2.37. The SMILES string of the molecule is CC(C)c1ccccc1C(O)c1ccc(Br)cc1. The van der Waals surface area contributed by atoms with Crippen LogP contribution < -0.4 is 0 Å². The van der Waals surface area contributed by atoms with E-state index in [1.807, 2.05) is 42.5 Å². The van der Waals surface area contributed by atoms with Crippen LogP contribution in [0.3, 0.4) is 0 Å². The number of hydrogen-bond acceptors (Lipinski definition) is 1. The molecule has 0 aliphatic carbocycles. The number of aliphatic hydroxyl groups is 1. The van der Waals surface area contributed by atoms with Crippen LogP contribution in [0.5, 0.6) is 0 Å². The van der Waals surface area contributed by atoms with Crippen molar-refractivity contribution in [1.29, 1.82) is 0 Å². The van der Waals surface area contributed by atoms with Gasteiger partial charge in [-0.05, 0) is 34.7 Å². The maximum Gasteiger partial charge on any atom is 0.104 e. The minimum absolute atomic E-state index is 0.409. The van der Waals surface area contributed by atoms with E-state index in [4.69, 9.17) is 0 Å². The second-order valence-electron chi connectivity index (χ2n) is 4.74. The summed E-state index contributed by atoms with van der Waals surface area (Å²) < 4.78 is 1.02. The lowest BCUT2D eigenvalue weighted by atomic mass is 9.91. The Morgan fingerprint density at radius 3 is 2.00 bits per heavy atom. The predicted octanol–water partition coefficient (Wildman–Crippen LogP) is 4.65. The van der Waals surface area contributed by atoms with E-state index in [1.54, 1.807) is 0 Å². The van der Waals surface area contributed by atoms with Gasteiger partial charge in [-0.2, -0.15) is 0 Å². The van der Waals surface area contributed by atoms with Crippen LogP contribution in [-0.4, -0.2) is 5.11 Å². The van der Waals surface area contributed by atoms with Crippen molar-refractivity contribution >= 4 is 15.9 Å². The summed E-state index contributed by atoms with van der Waals surface area (Å²) in [5.74, 6) is 0.409. The van der Waals surface area contributed by atoms with Gasteiger partial charge in [-0.25, -0.2) is 0 Å². The predicted molar refractivity (Wildman–Crippen MR) is 78.7 cm³/mol. The van der Waals surface area contributed by atoms with Gasteiger partial charge in [0.25, 0.3) is 0 Å². The maximum absolute atomic E-state index is 10.5. The summed E-state index contributed by atoms with van der Waals surface area (Å²) in [4.78, 5) is 0. The number of halogens is 1. The molecule has 0 amide bonds. The first kappa shape index (κ1) is 13.3. The fraction of sp³-hybridized carbons (Fsp3) is 0.250. The van der Waals surface area contributed by atoms with Gasteiger partial charge in [-0.15, -0.1) is 0 Å². The maximum atomic E-state index is 10.5. The van der Waals surface area contributed by atoms with Gasteiger partial charge in [-0.3, -0.25) is 0 Å². The van der Waals surface area contributed by atoms with E-state index < -0.39 is 6.10 Å². The van der Waals surface area contributed by atoms with Crippen LogP contribution in [0.25, 0.3) is 0 Å². The van der Waals surface area contributed by atoms with Crippen LogP contribution in [0.15, 0.2) is 53.0 Å². The molecule has 2 aromatic rings. The van der Waals surface area contributed by atoms with E-state index in [-0.39, 0.29) is 0 Å². The number of hydrogen-bond donors (Lipinski definition) is 1. The molecule has 0 spiro atoms. The summed E-state index contributed by atoms with van der Waals surface area (Å²) in [6, 6.07) is 15.9. The van der Waals surface area contributed by atoms with Gasteiger partial charge in [0.2, 0.25) is 0 Å². The molecule has 18 heavy (non-hydrogen) atoms. The molecule has 0 aliphatic rings. The summed E-state index contributed by atoms with van der Waals surface area (Å²) in [7, 11) is 0. The van der Waals surface area contributed by atoms with E-state index in [1.165, 1.54) is 5.56 Å². The Balaban J connectivity index is 2.39. The van der Waals surface area contributed by atoms with Gasteiger partial charge in [-0.1, -0.05) is 66.2 Å². The molecule has 1 atom stereocenters. The fourth-order valence-electron chi connectivity index (χ4n) is 2.11. The van der Waals surface area contributed by atoms with Gasteiger partial charge in [0.05, 0.1) is 0 Å². The minimum atomic E-state index is -0.559. The molecule has 0 saturated carbocycles. The Bertz CT molecular complexity index is 517. The summed E-state index contributed by atoms with van der Waals surface area (Å²) in [5, 5.41) is 10.5. The van der Waals surface area contributed by atoms with Gasteiger partial charge >= 0.3 is 0 Å². The van der Waals surface area contributed by atoms with Crippen molar-refractivity contribution in [3.63, 3.8) is 0 Å². The molecule has 0 fully saturated rings. The molecule has 0 aromatic heterocycles. The molecular formula is C16H17BrO. The second-order valence-corrected chi connectivity index (χ2v) is 5.65. The Kier molecular flexibility index (Phi) is 4.20. The zero-order valence-corrected chi connectivity index (χ0v) is 12.2. The van der Waals surface area contributed by atoms with Gasteiger partial charge in [0.1, 0.15) is 6.10 Å². The van der Waals surface area contributed by atoms with E-state index in [2.05, 4.69) is 35.8 Å². The number of aliphatic hydroxyl groups excluding tert-OH is 1. The lowest BCUT2D eigenvalue weighted by Crippen LogP contribution is -2.04. The second kappa shape index (κ2) is 5.68. The van der Waals surface area contributed by atoms with Crippen molar-refractivity contribution in [2.45, 2.75) is 25.9 Å². The highest BCUT2D eigenvalue weighted by Crippen LogP contribution is 2.29. The van der Waals surface area contributed by atoms with Crippen molar-refractivity contribution in [1.82, 2.24) is 0 Å². The largest absolute Gasteiger partial charge is 0.384 e. The van der Waals surface area contributed by atoms with Crippen molar-refractivity contribution in [3.8, 4) is 0 Å². The van der Waals surface area contributed by atoms with Crippen LogP contribution in [-0.2, 0) is 0 Å². The highest BCUT2D eigenvalue weighted by Gasteiger charge is 2.15. The standard InChI is InChI=1S/C16H17BrO/c1-11(2)14-5-3-4-6-15(14)16(18)12-7-9-13(17)10-8-12/h3-11,16,18H,1-2H3. The monoisotopic (exact) mass is 304 g/mol. The normalized spacial score (nSPS) is 12.7. The smallest absolute Gasteiger partial charge is 0.104 e. The lowest BCUT2D eigenvalue weighted by Gasteiger charge is -2.18. The highest BCUT2D eigenvalue weighted by atomic mass is 79.9. The molecule has 0 bridgehead atoms. The molecule has 2 aromatic carbocycles. The van der Waals surface area contributed by atoms with Crippen LogP contribution in [0.4, 0.5) is 0 Å². The quantitative estimate of drug-likeness (QED) is 0.875. The van der Waals surface area contributed by atoms with Crippen molar-refractivity contribution in [2.75, 3.05) is 0 Å². The Morgan fingerprint density at radius 1 is 0.889 bits per heavy atom. The van der Waals surface area contributed by atoms with Crippen LogP contribution >= 0.6 is 15.9 Å². The third-order valence-corrected chi connectivity index (χ3v) is 3.63. The molecule has 94 valence electrons. The topological polar surface area (TPSA) is 20.2 Å². The van der Waals surface area contributed by atoms with Gasteiger partial charge < -0.3 is 5.11 Å². The first-order valence-corrected chi connectivity index (χ1v) is 6.91. The number of rotatable bonds is 3. The van der Waals surface area contributed by atoms with E-state index in [0.717, 1.165) is 15.6 Å². The zero-order valence-electron chi connectivity index (χ0n) is 10.6. The molecule has 2 heteroatoms. The third kappa shape index (κ3) is 2.82. The Hall–Kier alpha value is -1.12. The van der Waals surface area contributed by atoms with E-state index >= 15 is 0 Å². The summed E-state index contributed by atoms with van der Waals surface area (Å²) in [6.07, 6.45) is -0.559. The van der Waals surface area contributed by atoms with Crippen LogP contribution in [0.1, 0.15) is 42.6 Å². The van der Waals surface area contributed by atoms with Crippen LogP contribution in [0.2, 0.25) is 0 Å². The lowest BCUT2D eigenvalue weighted by molar-refractivity contribution is 0.219. The van der Waals surface area contributed by atoms with E-state index in [9.17, 15) is 5.11 Å². The van der Waals surface area contributed by atoms with Crippen molar-refractivity contribution in [3.05, 3.63) is 69.7 Å². The highest BCUT2D eigenvalue weighted by molar-refractivity contribution is 9.10. The third-order valence-electron chi connectivity index (χ3n) is 3.10. The molecular weight excluding hydrogens is 288 g/mol. The molecule has 0 aliphatic heterocycles. The Morgan fingerprint density at radius 2 is 1.44 bits per heavy atom. The van der Waals surface area contributed by atoms with E-state index in [0.29, 0.717) is 5.92 Å². The molecule has 1 unspecified atom stereocenters. The average molecular weight is 305 g/mol. The summed E-state index contributed by atoms with van der Waals surface area (Å²) >= 11 is 3.41. The van der Waals surface area contributed by atoms with Gasteiger partial charge in [0, 0.05) is 4.47 Å².